The highest BCUT2D eigenvalue weighted by Crippen LogP contribution is 2.40. The van der Waals surface area contributed by atoms with Gasteiger partial charge in [-0.25, -0.2) is 14.6 Å². The topological polar surface area (TPSA) is 113 Å². The molecule has 5 aromatic rings. The molecule has 1 N–H and O–H groups in total. The summed E-state index contributed by atoms with van der Waals surface area (Å²) in [6, 6.07) is 29.1. The van der Waals surface area contributed by atoms with Crippen molar-refractivity contribution in [3.05, 3.63) is 141 Å². The first-order valence-electron chi connectivity index (χ1n) is 17.4. The van der Waals surface area contributed by atoms with E-state index in [9.17, 15) is 14.4 Å². The van der Waals surface area contributed by atoms with Crippen LogP contribution in [0, 0.1) is 0 Å². The zero-order valence-corrected chi connectivity index (χ0v) is 30.0. The van der Waals surface area contributed by atoms with Crippen molar-refractivity contribution in [3.8, 4) is 11.5 Å². The van der Waals surface area contributed by atoms with Gasteiger partial charge in [-0.15, -0.1) is 11.3 Å². The van der Waals surface area contributed by atoms with Crippen molar-refractivity contribution in [1.29, 1.82) is 0 Å². The van der Waals surface area contributed by atoms with Crippen LogP contribution in [0.4, 0.5) is 10.7 Å². The third-order valence-corrected chi connectivity index (χ3v) is 9.65. The quantitative estimate of drug-likeness (QED) is 0.0901. The number of carbonyl (C=O) groups is 3. The number of hydrogen-bond acceptors (Lipinski definition) is 9. The van der Waals surface area contributed by atoms with Crippen LogP contribution in [-0.2, 0) is 35.5 Å². The molecule has 1 amide bonds. The number of rotatable bonds is 14. The van der Waals surface area contributed by atoms with Gasteiger partial charge in [0.2, 0.25) is 0 Å². The number of fused-ring (bicyclic) bond motifs is 1. The van der Waals surface area contributed by atoms with E-state index in [1.807, 2.05) is 72.8 Å². The molecule has 0 aliphatic heterocycles. The van der Waals surface area contributed by atoms with Crippen LogP contribution in [0.15, 0.2) is 102 Å². The Kier molecular flexibility index (Phi) is 12.1. The lowest BCUT2D eigenvalue weighted by atomic mass is 9.95. The molecule has 10 heteroatoms. The number of amides is 1. The van der Waals surface area contributed by atoms with E-state index in [1.54, 1.807) is 55.7 Å². The van der Waals surface area contributed by atoms with E-state index in [0.717, 1.165) is 48.1 Å². The van der Waals surface area contributed by atoms with Crippen LogP contribution < -0.4 is 14.8 Å². The lowest BCUT2D eigenvalue weighted by Gasteiger charge is -2.13. The van der Waals surface area contributed by atoms with Crippen LogP contribution in [0.5, 0.6) is 11.5 Å². The number of anilines is 1. The molecule has 266 valence electrons. The van der Waals surface area contributed by atoms with Gasteiger partial charge in [0.15, 0.2) is 0 Å². The van der Waals surface area contributed by atoms with Crippen molar-refractivity contribution in [3.63, 3.8) is 0 Å². The minimum absolute atomic E-state index is 0.167. The summed E-state index contributed by atoms with van der Waals surface area (Å²) in [4.78, 5) is 43.9. The summed E-state index contributed by atoms with van der Waals surface area (Å²) in [6.07, 6.45) is 5.63. The number of nitrogens with zero attached hydrogens (tertiary/aromatic N) is 1. The summed E-state index contributed by atoms with van der Waals surface area (Å²) in [5.41, 5.74) is 5.82. The van der Waals surface area contributed by atoms with E-state index in [-0.39, 0.29) is 31.1 Å². The minimum atomic E-state index is -0.374. The maximum atomic E-state index is 13.7. The molecule has 0 spiro atoms. The molecule has 1 aliphatic rings. The Labute approximate surface area is 307 Å². The highest BCUT2D eigenvalue weighted by molar-refractivity contribution is 7.16. The minimum Gasteiger partial charge on any atom is -0.489 e. The van der Waals surface area contributed by atoms with E-state index in [2.05, 4.69) is 5.32 Å². The normalized spacial score (nSPS) is 12.2. The van der Waals surface area contributed by atoms with Crippen molar-refractivity contribution >= 4 is 46.1 Å². The van der Waals surface area contributed by atoms with Crippen molar-refractivity contribution in [2.45, 2.75) is 52.7 Å². The molecule has 52 heavy (non-hydrogen) atoms. The molecule has 1 aliphatic carbocycles. The number of nitrogens with one attached hydrogen (secondary N) is 1. The lowest BCUT2D eigenvalue weighted by molar-refractivity contribution is 0.0516. The molecular formula is C42H40N2O7S. The van der Waals surface area contributed by atoms with E-state index in [4.69, 9.17) is 23.9 Å². The molecule has 6 rings (SSSR count). The van der Waals surface area contributed by atoms with Gasteiger partial charge in [-0.3, -0.25) is 4.79 Å². The van der Waals surface area contributed by atoms with Gasteiger partial charge in [0.05, 0.1) is 29.9 Å². The van der Waals surface area contributed by atoms with Gasteiger partial charge >= 0.3 is 11.9 Å². The number of aryl methyl sites for hydroxylation is 1. The first-order chi connectivity index (χ1) is 25.4. The Bertz CT molecular complexity index is 2040. The Hall–Kier alpha value is -5.74. The third-order valence-electron chi connectivity index (χ3n) is 8.45. The van der Waals surface area contributed by atoms with E-state index >= 15 is 0 Å². The van der Waals surface area contributed by atoms with Crippen LogP contribution in [0.25, 0.3) is 0 Å². The van der Waals surface area contributed by atoms with Crippen LogP contribution in [-0.4, -0.2) is 37.3 Å². The monoisotopic (exact) mass is 716 g/mol. The van der Waals surface area contributed by atoms with Crippen molar-refractivity contribution < 1.29 is 33.3 Å². The molecule has 9 nitrogen and oxygen atoms in total. The number of benzene rings is 4. The summed E-state index contributed by atoms with van der Waals surface area (Å²) in [6.45, 7) is 4.65. The molecule has 0 saturated heterocycles. The smallest absolute Gasteiger partial charge is 0.338 e. The molecule has 0 bridgehead atoms. The maximum absolute atomic E-state index is 13.7. The summed E-state index contributed by atoms with van der Waals surface area (Å²) >= 11 is 1.57. The van der Waals surface area contributed by atoms with Crippen LogP contribution in [0.3, 0.4) is 0 Å². The summed E-state index contributed by atoms with van der Waals surface area (Å²) < 4.78 is 22.7. The molecule has 0 fully saturated rings. The number of ether oxygens (including phenoxy) is 4. The largest absolute Gasteiger partial charge is 0.489 e. The Balaban J connectivity index is 1.25. The molecule has 0 unspecified atom stereocenters. The Morgan fingerprint density at radius 3 is 2.00 bits per heavy atom. The van der Waals surface area contributed by atoms with Crippen LogP contribution >= 0.6 is 11.3 Å². The fourth-order valence-electron chi connectivity index (χ4n) is 5.79. The van der Waals surface area contributed by atoms with E-state index in [1.165, 1.54) is 4.88 Å². The predicted molar refractivity (Wildman–Crippen MR) is 203 cm³/mol. The van der Waals surface area contributed by atoms with Gasteiger partial charge < -0.3 is 24.3 Å². The first-order valence-corrected chi connectivity index (χ1v) is 18.2. The Morgan fingerprint density at radius 2 is 1.37 bits per heavy atom. The highest BCUT2D eigenvalue weighted by Gasteiger charge is 2.25. The summed E-state index contributed by atoms with van der Waals surface area (Å²) in [5, 5.41) is 3.71. The van der Waals surface area contributed by atoms with Gasteiger partial charge in [0, 0.05) is 28.4 Å². The lowest BCUT2D eigenvalue weighted by Crippen LogP contribution is -2.14. The first kappa shape index (κ1) is 36.1. The maximum Gasteiger partial charge on any atom is 0.338 e. The van der Waals surface area contributed by atoms with Gasteiger partial charge in [-0.2, -0.15) is 0 Å². The van der Waals surface area contributed by atoms with Crippen molar-refractivity contribution in [2.75, 3.05) is 18.5 Å². The van der Waals surface area contributed by atoms with Gasteiger partial charge in [-0.05, 0) is 105 Å². The molecule has 0 atom stereocenters. The number of thiophene rings is 1. The highest BCUT2D eigenvalue weighted by atomic mass is 32.1. The standard InChI is InChI=1S/C42H40N2O7S/c1-3-48-41(46)30-18-14-28(15-19-30)26-50-34-23-22-32(36(24-34)51-27-29-16-20-31(21-17-29)42(47)49-4-2)25-43-40-38(35-12-8-9-13-37(35)52-40)39(45)44-33-10-6-5-7-11-33/h5-7,10-11,14-25H,3-4,8-9,12-13,26-27H2,1-2H3,(H,44,45). The summed E-state index contributed by atoms with van der Waals surface area (Å²) in [5.74, 6) is 0.204. The predicted octanol–water partition coefficient (Wildman–Crippen LogP) is 9.14. The number of esters is 2. The van der Waals surface area contributed by atoms with E-state index < -0.39 is 0 Å². The number of aliphatic imine (C=N–C) groups is 1. The van der Waals surface area contributed by atoms with Gasteiger partial charge in [0.1, 0.15) is 29.7 Å². The third kappa shape index (κ3) is 9.13. The number of hydrogen-bond donors (Lipinski definition) is 1. The SMILES string of the molecule is CCOC(=O)c1ccc(COc2ccc(C=Nc3sc4c(c3C(=O)Nc3ccccc3)CCCC4)c(OCc3ccc(C(=O)OCC)cc3)c2)cc1. The molecule has 1 heterocycles. The van der Waals surface area contributed by atoms with Crippen molar-refractivity contribution in [2.24, 2.45) is 4.99 Å². The van der Waals surface area contributed by atoms with Crippen LogP contribution in [0.1, 0.15) is 84.9 Å². The van der Waals surface area contributed by atoms with Crippen molar-refractivity contribution in [1.82, 2.24) is 0 Å². The molecule has 1 aromatic heterocycles. The number of para-hydroxylation sites is 1. The summed E-state index contributed by atoms with van der Waals surface area (Å²) in [7, 11) is 0. The van der Waals surface area contributed by atoms with E-state index in [0.29, 0.717) is 52.0 Å². The number of carbonyl (C=O) groups excluding carboxylic acids is 3. The fraction of sp³-hybridized carbons (Fsp3) is 0.238. The average Bonchev–Trinajstić information content (AvgIpc) is 3.55. The second-order valence-electron chi connectivity index (χ2n) is 12.1. The molecular weight excluding hydrogens is 677 g/mol. The van der Waals surface area contributed by atoms with Crippen LogP contribution in [0.2, 0.25) is 0 Å². The zero-order valence-electron chi connectivity index (χ0n) is 29.2. The average molecular weight is 717 g/mol. The Morgan fingerprint density at radius 1 is 0.750 bits per heavy atom. The molecule has 0 saturated carbocycles. The van der Waals surface area contributed by atoms with Gasteiger partial charge in [-0.1, -0.05) is 42.5 Å². The van der Waals surface area contributed by atoms with Gasteiger partial charge in [0.25, 0.3) is 5.91 Å². The second kappa shape index (κ2) is 17.5. The zero-order chi connectivity index (χ0) is 36.3. The fourth-order valence-corrected chi connectivity index (χ4v) is 7.02. The molecule has 4 aromatic carbocycles. The second-order valence-corrected chi connectivity index (χ2v) is 13.2. The molecule has 0 radical (unpaired) electrons.